The third kappa shape index (κ3) is 4.41. The van der Waals surface area contributed by atoms with Gasteiger partial charge < -0.3 is 10.1 Å². The summed E-state index contributed by atoms with van der Waals surface area (Å²) in [6.07, 6.45) is 3.44. The number of aromatic nitrogens is 1. The Morgan fingerprint density at radius 2 is 1.91 bits per heavy atom. The Morgan fingerprint density at radius 1 is 1.18 bits per heavy atom. The molecule has 0 bridgehead atoms. The number of ether oxygens (including phenoxy) is 1. The highest BCUT2D eigenvalue weighted by Gasteiger charge is 2.11. The van der Waals surface area contributed by atoms with Gasteiger partial charge in [-0.2, -0.15) is 4.57 Å². The summed E-state index contributed by atoms with van der Waals surface area (Å²) in [6, 6.07) is 11.0. The molecule has 1 amide bonds. The highest BCUT2D eigenvalue weighted by molar-refractivity contribution is 5.93. The highest BCUT2D eigenvalue weighted by Crippen LogP contribution is 2.10. The van der Waals surface area contributed by atoms with Gasteiger partial charge in [-0.05, 0) is 30.7 Å². The van der Waals surface area contributed by atoms with Crippen molar-refractivity contribution in [3.8, 4) is 5.75 Å². The molecule has 0 saturated heterocycles. The number of amides is 1. The van der Waals surface area contributed by atoms with E-state index in [2.05, 4.69) is 5.32 Å². The second kappa shape index (κ2) is 7.36. The molecule has 0 spiro atoms. The standard InChI is InChI=1S/C17H18N2O3/c1-13(20)15-4-3-9-19(11-15)12-17(21)18-10-14-5-7-16(22-2)8-6-14/h3-9,11H,10,12H2,1-2H3/p+1. The van der Waals surface area contributed by atoms with Gasteiger partial charge in [-0.3, -0.25) is 9.59 Å². The molecule has 2 rings (SSSR count). The summed E-state index contributed by atoms with van der Waals surface area (Å²) in [5.41, 5.74) is 1.59. The van der Waals surface area contributed by atoms with Crippen molar-refractivity contribution in [3.63, 3.8) is 0 Å². The van der Waals surface area contributed by atoms with Crippen LogP contribution in [0.4, 0.5) is 0 Å². The molecule has 0 aliphatic heterocycles. The minimum Gasteiger partial charge on any atom is -0.497 e. The average Bonchev–Trinajstić information content (AvgIpc) is 2.53. The van der Waals surface area contributed by atoms with Crippen molar-refractivity contribution in [1.82, 2.24) is 5.32 Å². The van der Waals surface area contributed by atoms with E-state index in [9.17, 15) is 9.59 Å². The van der Waals surface area contributed by atoms with Crippen LogP contribution in [0.3, 0.4) is 0 Å². The van der Waals surface area contributed by atoms with Crippen molar-refractivity contribution >= 4 is 11.7 Å². The number of nitrogens with one attached hydrogen (secondary N) is 1. The lowest BCUT2D eigenvalue weighted by molar-refractivity contribution is -0.684. The van der Waals surface area contributed by atoms with Gasteiger partial charge in [-0.15, -0.1) is 0 Å². The van der Waals surface area contributed by atoms with Crippen LogP contribution in [0, 0.1) is 0 Å². The maximum absolute atomic E-state index is 11.9. The Hall–Kier alpha value is -2.69. The van der Waals surface area contributed by atoms with E-state index in [1.165, 1.54) is 6.92 Å². The van der Waals surface area contributed by atoms with Crippen LogP contribution in [0.2, 0.25) is 0 Å². The number of ketones is 1. The number of hydrogen-bond donors (Lipinski definition) is 1. The number of hydrogen-bond acceptors (Lipinski definition) is 3. The Balaban J connectivity index is 1.89. The summed E-state index contributed by atoms with van der Waals surface area (Å²) in [6.45, 7) is 2.14. The van der Waals surface area contributed by atoms with E-state index in [1.807, 2.05) is 24.3 Å². The SMILES string of the molecule is COc1ccc(CNC(=O)C[n+]2cccc(C(C)=O)c2)cc1. The molecule has 0 aliphatic carbocycles. The van der Waals surface area contributed by atoms with E-state index >= 15 is 0 Å². The number of benzene rings is 1. The van der Waals surface area contributed by atoms with Crippen LogP contribution in [0.5, 0.6) is 5.75 Å². The molecule has 5 heteroatoms. The first-order valence-electron chi connectivity index (χ1n) is 6.98. The van der Waals surface area contributed by atoms with Crippen molar-refractivity contribution in [3.05, 3.63) is 59.9 Å². The van der Waals surface area contributed by atoms with Crippen LogP contribution < -0.4 is 14.6 Å². The number of pyridine rings is 1. The summed E-state index contributed by atoms with van der Waals surface area (Å²) in [5, 5.41) is 2.85. The minimum absolute atomic E-state index is 0.0204. The van der Waals surface area contributed by atoms with Gasteiger partial charge in [0.25, 0.3) is 5.91 Å². The Labute approximate surface area is 129 Å². The maximum Gasteiger partial charge on any atom is 0.286 e. The zero-order chi connectivity index (χ0) is 15.9. The Kier molecular flexibility index (Phi) is 5.25. The molecule has 0 saturated carbocycles. The number of nitrogens with zero attached hydrogens (tertiary/aromatic N) is 1. The van der Waals surface area contributed by atoms with Gasteiger partial charge in [0, 0.05) is 12.6 Å². The van der Waals surface area contributed by atoms with E-state index in [4.69, 9.17) is 4.74 Å². The van der Waals surface area contributed by atoms with Crippen LogP contribution in [-0.2, 0) is 17.9 Å². The number of carbonyl (C=O) groups excluding carboxylic acids is 2. The summed E-state index contributed by atoms with van der Waals surface area (Å²) >= 11 is 0. The Morgan fingerprint density at radius 3 is 2.55 bits per heavy atom. The molecular formula is C17H19N2O3+. The van der Waals surface area contributed by atoms with Crippen LogP contribution in [0.25, 0.3) is 0 Å². The molecule has 2 aromatic rings. The van der Waals surface area contributed by atoms with Crippen molar-refractivity contribution in [2.24, 2.45) is 0 Å². The topological polar surface area (TPSA) is 59.3 Å². The van der Waals surface area contributed by atoms with Gasteiger partial charge in [0.05, 0.1) is 12.7 Å². The summed E-state index contributed by atoms with van der Waals surface area (Å²) in [7, 11) is 1.61. The van der Waals surface area contributed by atoms with Gasteiger partial charge in [0.1, 0.15) is 5.75 Å². The van der Waals surface area contributed by atoms with Gasteiger partial charge >= 0.3 is 0 Å². The zero-order valence-electron chi connectivity index (χ0n) is 12.7. The van der Waals surface area contributed by atoms with E-state index in [1.54, 1.807) is 36.2 Å². The second-order valence-corrected chi connectivity index (χ2v) is 4.95. The molecule has 1 heterocycles. The third-order valence-electron chi connectivity index (χ3n) is 3.24. The van der Waals surface area contributed by atoms with E-state index in [0.717, 1.165) is 11.3 Å². The average molecular weight is 299 g/mol. The van der Waals surface area contributed by atoms with Gasteiger partial charge in [-0.25, -0.2) is 0 Å². The Bertz CT molecular complexity index is 666. The maximum atomic E-state index is 11.9. The van der Waals surface area contributed by atoms with E-state index in [-0.39, 0.29) is 18.2 Å². The molecule has 0 unspecified atom stereocenters. The van der Waals surface area contributed by atoms with Crippen LogP contribution >= 0.6 is 0 Å². The van der Waals surface area contributed by atoms with Crippen LogP contribution in [-0.4, -0.2) is 18.8 Å². The summed E-state index contributed by atoms with van der Waals surface area (Å²) < 4.78 is 6.78. The summed E-state index contributed by atoms with van der Waals surface area (Å²) in [4.78, 5) is 23.3. The minimum atomic E-state index is -0.110. The quantitative estimate of drug-likeness (QED) is 0.649. The number of Topliss-reactive ketones (excluding diaryl/α,β-unsaturated/α-hetero) is 1. The molecule has 0 atom stereocenters. The molecule has 1 aromatic heterocycles. The van der Waals surface area contributed by atoms with Crippen molar-refractivity contribution in [2.75, 3.05) is 7.11 Å². The first-order valence-corrected chi connectivity index (χ1v) is 6.98. The molecule has 1 aromatic carbocycles. The second-order valence-electron chi connectivity index (χ2n) is 4.95. The largest absolute Gasteiger partial charge is 0.497 e. The molecule has 5 nitrogen and oxygen atoms in total. The fourth-order valence-corrected chi connectivity index (χ4v) is 1.99. The number of methoxy groups -OCH3 is 1. The van der Waals surface area contributed by atoms with Crippen LogP contribution in [0.15, 0.2) is 48.8 Å². The van der Waals surface area contributed by atoms with E-state index in [0.29, 0.717) is 12.1 Å². The molecule has 1 N–H and O–H groups in total. The fourth-order valence-electron chi connectivity index (χ4n) is 1.99. The van der Waals surface area contributed by atoms with Gasteiger partial charge in [-0.1, -0.05) is 12.1 Å². The molecule has 0 fully saturated rings. The lowest BCUT2D eigenvalue weighted by atomic mass is 10.2. The third-order valence-corrected chi connectivity index (χ3v) is 3.24. The predicted octanol–water partition coefficient (Wildman–Crippen LogP) is 1.50. The van der Waals surface area contributed by atoms with Crippen molar-refractivity contribution < 1.29 is 18.9 Å². The highest BCUT2D eigenvalue weighted by atomic mass is 16.5. The normalized spacial score (nSPS) is 10.1. The number of rotatable bonds is 6. The zero-order valence-corrected chi connectivity index (χ0v) is 12.7. The summed E-state index contributed by atoms with van der Waals surface area (Å²) in [5.74, 6) is 0.654. The van der Waals surface area contributed by atoms with Gasteiger partial charge in [0.15, 0.2) is 18.2 Å². The lowest BCUT2D eigenvalue weighted by Gasteiger charge is -2.05. The number of carbonyl (C=O) groups is 2. The fraction of sp³-hybridized carbons (Fsp3) is 0.235. The van der Waals surface area contributed by atoms with Crippen molar-refractivity contribution in [1.29, 1.82) is 0 Å². The first-order chi connectivity index (χ1) is 10.6. The van der Waals surface area contributed by atoms with Gasteiger partial charge in [0.2, 0.25) is 6.54 Å². The lowest BCUT2D eigenvalue weighted by Crippen LogP contribution is -2.42. The van der Waals surface area contributed by atoms with Crippen molar-refractivity contribution in [2.45, 2.75) is 20.0 Å². The van der Waals surface area contributed by atoms with E-state index < -0.39 is 0 Å². The predicted molar refractivity (Wildman–Crippen MR) is 81.5 cm³/mol. The smallest absolute Gasteiger partial charge is 0.286 e. The molecular weight excluding hydrogens is 280 g/mol. The molecule has 0 aliphatic rings. The molecule has 22 heavy (non-hydrogen) atoms. The molecule has 0 radical (unpaired) electrons. The van der Waals surface area contributed by atoms with Crippen LogP contribution in [0.1, 0.15) is 22.8 Å². The molecule has 114 valence electrons. The monoisotopic (exact) mass is 299 g/mol. The first kappa shape index (κ1) is 15.7.